The molecule has 0 aliphatic carbocycles. The van der Waals surface area contributed by atoms with Crippen LogP contribution in [0.1, 0.15) is 17.3 Å². The van der Waals surface area contributed by atoms with Crippen molar-refractivity contribution in [3.8, 4) is 0 Å². The number of nitrogens with one attached hydrogen (secondary N) is 2. The molecule has 110 valence electrons. The number of anilines is 2. The van der Waals surface area contributed by atoms with Crippen LogP contribution in [0, 0.1) is 11.6 Å². The van der Waals surface area contributed by atoms with Crippen LogP contribution in [0.2, 0.25) is 5.02 Å². The van der Waals surface area contributed by atoms with Gasteiger partial charge in [0, 0.05) is 23.5 Å². The number of nitrogens with zero attached hydrogens (tertiary/aromatic N) is 1. The Morgan fingerprint density at radius 3 is 2.76 bits per heavy atom. The molecule has 4 nitrogen and oxygen atoms in total. The van der Waals surface area contributed by atoms with Crippen LogP contribution in [0.5, 0.6) is 0 Å². The van der Waals surface area contributed by atoms with Crippen molar-refractivity contribution in [1.82, 2.24) is 4.98 Å². The molecule has 0 aliphatic heterocycles. The Morgan fingerprint density at radius 2 is 2.10 bits per heavy atom. The van der Waals surface area contributed by atoms with Gasteiger partial charge in [-0.1, -0.05) is 11.6 Å². The molecule has 0 atom stereocenters. The van der Waals surface area contributed by atoms with Gasteiger partial charge in [0.2, 0.25) is 0 Å². The third kappa shape index (κ3) is 3.66. The van der Waals surface area contributed by atoms with Gasteiger partial charge in [-0.2, -0.15) is 0 Å². The van der Waals surface area contributed by atoms with Crippen molar-refractivity contribution < 1.29 is 13.6 Å². The first-order chi connectivity index (χ1) is 10.0. The second-order valence-electron chi connectivity index (χ2n) is 4.16. The van der Waals surface area contributed by atoms with Crippen molar-refractivity contribution in [2.45, 2.75) is 6.92 Å². The quantitative estimate of drug-likeness (QED) is 0.905. The second kappa shape index (κ2) is 6.49. The number of amides is 1. The minimum Gasteiger partial charge on any atom is -0.368 e. The van der Waals surface area contributed by atoms with Crippen LogP contribution < -0.4 is 10.6 Å². The zero-order chi connectivity index (χ0) is 15.4. The molecule has 0 radical (unpaired) electrons. The van der Waals surface area contributed by atoms with E-state index < -0.39 is 17.5 Å². The second-order valence-corrected chi connectivity index (χ2v) is 4.60. The van der Waals surface area contributed by atoms with Crippen LogP contribution >= 0.6 is 11.6 Å². The number of carbonyl (C=O) groups is 1. The first-order valence-electron chi connectivity index (χ1n) is 6.17. The summed E-state index contributed by atoms with van der Waals surface area (Å²) in [5, 5.41) is 5.23. The summed E-state index contributed by atoms with van der Waals surface area (Å²) < 4.78 is 27.3. The van der Waals surface area contributed by atoms with E-state index in [1.165, 1.54) is 18.3 Å². The average molecular weight is 312 g/mol. The van der Waals surface area contributed by atoms with Gasteiger partial charge in [0.1, 0.15) is 5.82 Å². The highest BCUT2D eigenvalue weighted by Crippen LogP contribution is 2.20. The van der Waals surface area contributed by atoms with Crippen LogP contribution in [-0.2, 0) is 0 Å². The maximum atomic E-state index is 14.1. The number of pyridine rings is 1. The van der Waals surface area contributed by atoms with E-state index in [2.05, 4.69) is 15.6 Å². The molecule has 0 fully saturated rings. The molecule has 0 bridgehead atoms. The number of aromatic nitrogens is 1. The highest BCUT2D eigenvalue weighted by atomic mass is 35.5. The zero-order valence-corrected chi connectivity index (χ0v) is 11.8. The Hall–Kier alpha value is -2.21. The molecule has 0 saturated heterocycles. The lowest BCUT2D eigenvalue weighted by molar-refractivity contribution is 0.102. The third-order valence-corrected chi connectivity index (χ3v) is 2.82. The lowest BCUT2D eigenvalue weighted by Crippen LogP contribution is -2.15. The largest absolute Gasteiger partial charge is 0.368 e. The molecule has 2 aromatic rings. The average Bonchev–Trinajstić information content (AvgIpc) is 2.40. The molecule has 0 aliphatic rings. The molecule has 0 unspecified atom stereocenters. The van der Waals surface area contributed by atoms with Crippen LogP contribution in [0.15, 0.2) is 30.5 Å². The molecular weight excluding hydrogens is 300 g/mol. The predicted molar refractivity (Wildman–Crippen MR) is 77.7 cm³/mol. The van der Waals surface area contributed by atoms with Gasteiger partial charge in [-0.25, -0.2) is 13.8 Å². The fraction of sp³-hybridized carbons (Fsp3) is 0.143. The molecule has 2 N–H and O–H groups in total. The van der Waals surface area contributed by atoms with Gasteiger partial charge in [-0.3, -0.25) is 4.79 Å². The molecule has 2 rings (SSSR count). The van der Waals surface area contributed by atoms with Gasteiger partial charge >= 0.3 is 0 Å². The smallest absolute Gasteiger partial charge is 0.258 e. The summed E-state index contributed by atoms with van der Waals surface area (Å²) in [6.07, 6.45) is 1.31. The molecule has 1 heterocycles. The van der Waals surface area contributed by atoms with Gasteiger partial charge in [-0.15, -0.1) is 0 Å². The molecule has 0 spiro atoms. The van der Waals surface area contributed by atoms with E-state index in [-0.39, 0.29) is 22.1 Å². The van der Waals surface area contributed by atoms with Crippen molar-refractivity contribution in [2.24, 2.45) is 0 Å². The Balaban J connectivity index is 2.26. The monoisotopic (exact) mass is 311 g/mol. The maximum Gasteiger partial charge on any atom is 0.258 e. The Kier molecular flexibility index (Phi) is 4.70. The van der Waals surface area contributed by atoms with Crippen LogP contribution in [0.25, 0.3) is 0 Å². The van der Waals surface area contributed by atoms with Crippen LogP contribution in [-0.4, -0.2) is 17.4 Å². The van der Waals surface area contributed by atoms with E-state index in [4.69, 9.17) is 11.6 Å². The molecular formula is C14H12ClF2N3O. The highest BCUT2D eigenvalue weighted by Gasteiger charge is 2.16. The minimum absolute atomic E-state index is 0.0116. The Morgan fingerprint density at radius 1 is 1.33 bits per heavy atom. The van der Waals surface area contributed by atoms with Crippen molar-refractivity contribution in [1.29, 1.82) is 0 Å². The molecule has 1 amide bonds. The molecule has 21 heavy (non-hydrogen) atoms. The van der Waals surface area contributed by atoms with Crippen molar-refractivity contribution in [3.05, 3.63) is 52.7 Å². The summed E-state index contributed by atoms with van der Waals surface area (Å²) in [6, 6.07) is 4.81. The molecule has 1 aromatic carbocycles. The molecule has 7 heteroatoms. The van der Waals surface area contributed by atoms with Crippen molar-refractivity contribution >= 4 is 29.0 Å². The fourth-order valence-corrected chi connectivity index (χ4v) is 1.96. The van der Waals surface area contributed by atoms with Crippen molar-refractivity contribution in [3.63, 3.8) is 0 Å². The van der Waals surface area contributed by atoms with E-state index in [1.807, 2.05) is 0 Å². The predicted octanol–water partition coefficient (Wildman–Crippen LogP) is 3.70. The first-order valence-corrected chi connectivity index (χ1v) is 6.55. The maximum absolute atomic E-state index is 14.1. The lowest BCUT2D eigenvalue weighted by atomic mass is 10.2. The number of carbonyl (C=O) groups excluding carboxylic acids is 1. The van der Waals surface area contributed by atoms with E-state index in [1.54, 1.807) is 6.92 Å². The van der Waals surface area contributed by atoms with E-state index in [9.17, 15) is 13.6 Å². The zero-order valence-electron chi connectivity index (χ0n) is 11.1. The summed E-state index contributed by atoms with van der Waals surface area (Å²) in [4.78, 5) is 15.8. The summed E-state index contributed by atoms with van der Waals surface area (Å²) in [7, 11) is 0. The first kappa shape index (κ1) is 15.2. The van der Waals surface area contributed by atoms with Crippen LogP contribution in [0.4, 0.5) is 20.3 Å². The Labute approximate surface area is 125 Å². The van der Waals surface area contributed by atoms with Crippen LogP contribution in [0.3, 0.4) is 0 Å². The highest BCUT2D eigenvalue weighted by molar-refractivity contribution is 6.31. The summed E-state index contributed by atoms with van der Waals surface area (Å²) in [5.74, 6) is -2.08. The SMILES string of the molecule is CCNc1nccc(C(=O)Nc2cc(F)cc(Cl)c2)c1F. The third-order valence-electron chi connectivity index (χ3n) is 2.60. The number of benzene rings is 1. The summed E-state index contributed by atoms with van der Waals surface area (Å²) in [6.45, 7) is 2.25. The van der Waals surface area contributed by atoms with Gasteiger partial charge < -0.3 is 10.6 Å². The van der Waals surface area contributed by atoms with Gasteiger partial charge in [0.25, 0.3) is 5.91 Å². The Bertz CT molecular complexity index is 659. The molecule has 1 aromatic heterocycles. The van der Waals surface area contributed by atoms with Gasteiger partial charge in [-0.05, 0) is 31.2 Å². The minimum atomic E-state index is -0.764. The number of hydrogen-bond donors (Lipinski definition) is 2. The number of rotatable bonds is 4. The standard InChI is InChI=1S/C14H12ClF2N3O/c1-2-18-13-12(17)11(3-4-19-13)14(21)20-10-6-8(15)5-9(16)7-10/h3-7H,2H2,1H3,(H,18,19)(H,20,21). The normalized spacial score (nSPS) is 10.3. The molecule has 0 saturated carbocycles. The number of halogens is 3. The lowest BCUT2D eigenvalue weighted by Gasteiger charge is -2.09. The topological polar surface area (TPSA) is 54.0 Å². The van der Waals surface area contributed by atoms with E-state index in [0.29, 0.717) is 6.54 Å². The van der Waals surface area contributed by atoms with Crippen molar-refractivity contribution in [2.75, 3.05) is 17.2 Å². The van der Waals surface area contributed by atoms with E-state index >= 15 is 0 Å². The summed E-state index contributed by atoms with van der Waals surface area (Å²) in [5.41, 5.74) is -0.0486. The fourth-order valence-electron chi connectivity index (χ4n) is 1.73. The van der Waals surface area contributed by atoms with Gasteiger partial charge in [0.15, 0.2) is 11.6 Å². The summed E-state index contributed by atoms with van der Waals surface area (Å²) >= 11 is 5.69. The number of hydrogen-bond acceptors (Lipinski definition) is 3. The van der Waals surface area contributed by atoms with Gasteiger partial charge in [0.05, 0.1) is 5.56 Å². The van der Waals surface area contributed by atoms with E-state index in [0.717, 1.165) is 12.1 Å².